The molecule has 1 aliphatic carbocycles. The standard InChI is InChI=1S/C17H20BrFN2/c1-10-6-13(19)12(18)7-15(10)21-5-4-11-14(20)8-17(2,3)9-16(11)21/h4-7,14H,8-9,20H2,1-3H3. The molecule has 1 atom stereocenters. The van der Waals surface area contributed by atoms with Crippen LogP contribution in [0.2, 0.25) is 0 Å². The number of aromatic nitrogens is 1. The van der Waals surface area contributed by atoms with Crippen LogP contribution in [0.15, 0.2) is 28.9 Å². The van der Waals surface area contributed by atoms with Crippen molar-refractivity contribution in [2.75, 3.05) is 0 Å². The van der Waals surface area contributed by atoms with Crippen LogP contribution in [0.4, 0.5) is 4.39 Å². The molecule has 1 aromatic heterocycles. The molecule has 112 valence electrons. The minimum atomic E-state index is -0.227. The summed E-state index contributed by atoms with van der Waals surface area (Å²) in [6.45, 7) is 6.44. The van der Waals surface area contributed by atoms with Crippen LogP contribution in [0.3, 0.4) is 0 Å². The number of halogens is 2. The number of hydrogen-bond acceptors (Lipinski definition) is 1. The van der Waals surface area contributed by atoms with Gasteiger partial charge in [-0.15, -0.1) is 0 Å². The molecule has 0 radical (unpaired) electrons. The summed E-state index contributed by atoms with van der Waals surface area (Å²) < 4.78 is 16.3. The topological polar surface area (TPSA) is 30.9 Å². The number of nitrogens with zero attached hydrogens (tertiary/aromatic N) is 1. The number of benzene rings is 1. The number of aryl methyl sites for hydroxylation is 1. The summed E-state index contributed by atoms with van der Waals surface area (Å²) in [6, 6.07) is 5.60. The maximum absolute atomic E-state index is 13.6. The van der Waals surface area contributed by atoms with Gasteiger partial charge in [0.15, 0.2) is 0 Å². The fourth-order valence-electron chi connectivity index (χ4n) is 3.36. The molecule has 0 saturated carbocycles. The zero-order valence-electron chi connectivity index (χ0n) is 12.6. The molecule has 0 fully saturated rings. The van der Waals surface area contributed by atoms with E-state index in [2.05, 4.69) is 46.6 Å². The molecule has 3 rings (SSSR count). The first kappa shape index (κ1) is 14.8. The molecule has 0 bridgehead atoms. The van der Waals surface area contributed by atoms with E-state index in [0.717, 1.165) is 24.1 Å². The lowest BCUT2D eigenvalue weighted by atomic mass is 9.74. The van der Waals surface area contributed by atoms with Gasteiger partial charge < -0.3 is 10.3 Å². The first-order valence-electron chi connectivity index (χ1n) is 7.20. The first-order chi connectivity index (χ1) is 9.78. The fraction of sp³-hybridized carbons (Fsp3) is 0.412. The molecule has 1 aliphatic rings. The van der Waals surface area contributed by atoms with Crippen LogP contribution in [0.1, 0.15) is 43.1 Å². The van der Waals surface area contributed by atoms with E-state index < -0.39 is 0 Å². The second-order valence-corrected chi connectivity index (χ2v) is 7.65. The maximum atomic E-state index is 13.6. The highest BCUT2D eigenvalue weighted by atomic mass is 79.9. The molecule has 1 heterocycles. The van der Waals surface area contributed by atoms with Crippen molar-refractivity contribution in [3.8, 4) is 5.69 Å². The van der Waals surface area contributed by atoms with Gasteiger partial charge in [0.1, 0.15) is 5.82 Å². The lowest BCUT2D eigenvalue weighted by molar-refractivity contribution is 0.278. The Balaban J connectivity index is 2.16. The highest BCUT2D eigenvalue weighted by Crippen LogP contribution is 2.41. The van der Waals surface area contributed by atoms with E-state index in [0.29, 0.717) is 4.47 Å². The summed E-state index contributed by atoms with van der Waals surface area (Å²) in [7, 11) is 0. The lowest BCUT2D eigenvalue weighted by Gasteiger charge is -2.34. The van der Waals surface area contributed by atoms with Gasteiger partial charge in [-0.3, -0.25) is 0 Å². The Morgan fingerprint density at radius 1 is 1.38 bits per heavy atom. The second-order valence-electron chi connectivity index (χ2n) is 6.79. The van der Waals surface area contributed by atoms with Gasteiger partial charge in [-0.1, -0.05) is 13.8 Å². The zero-order valence-corrected chi connectivity index (χ0v) is 14.2. The molecule has 1 aromatic carbocycles. The number of nitrogens with two attached hydrogens (primary N) is 1. The third-order valence-electron chi connectivity index (χ3n) is 4.34. The van der Waals surface area contributed by atoms with Crippen LogP contribution in [-0.2, 0) is 6.42 Å². The molecule has 0 spiro atoms. The van der Waals surface area contributed by atoms with Crippen molar-refractivity contribution in [1.29, 1.82) is 0 Å². The molecule has 4 heteroatoms. The quantitative estimate of drug-likeness (QED) is 0.796. The summed E-state index contributed by atoms with van der Waals surface area (Å²) in [4.78, 5) is 0. The SMILES string of the molecule is Cc1cc(F)c(Br)cc1-n1ccc2c1CC(C)(C)CC2N. The minimum Gasteiger partial charge on any atom is -0.324 e. The Labute approximate surface area is 133 Å². The molecular weight excluding hydrogens is 331 g/mol. The minimum absolute atomic E-state index is 0.0780. The predicted octanol–water partition coefficient (Wildman–Crippen LogP) is 4.66. The zero-order chi connectivity index (χ0) is 15.4. The summed E-state index contributed by atoms with van der Waals surface area (Å²) in [5.74, 6) is -0.227. The molecule has 0 amide bonds. The van der Waals surface area contributed by atoms with Crippen LogP contribution in [-0.4, -0.2) is 4.57 Å². The summed E-state index contributed by atoms with van der Waals surface area (Å²) in [6.07, 6.45) is 4.03. The van der Waals surface area contributed by atoms with E-state index in [-0.39, 0.29) is 17.3 Å². The molecular formula is C17H20BrFN2. The van der Waals surface area contributed by atoms with Gasteiger partial charge >= 0.3 is 0 Å². The van der Waals surface area contributed by atoms with Crippen molar-refractivity contribution in [2.24, 2.45) is 11.1 Å². The molecule has 21 heavy (non-hydrogen) atoms. The Bertz CT molecular complexity index is 703. The van der Waals surface area contributed by atoms with Crippen LogP contribution in [0.5, 0.6) is 0 Å². The van der Waals surface area contributed by atoms with Crippen LogP contribution in [0, 0.1) is 18.2 Å². The Kier molecular flexibility index (Phi) is 3.49. The van der Waals surface area contributed by atoms with E-state index in [9.17, 15) is 4.39 Å². The van der Waals surface area contributed by atoms with Gasteiger partial charge in [0.05, 0.1) is 4.47 Å². The predicted molar refractivity (Wildman–Crippen MR) is 87.2 cm³/mol. The third-order valence-corrected chi connectivity index (χ3v) is 4.95. The van der Waals surface area contributed by atoms with Gasteiger partial charge in [0.25, 0.3) is 0 Å². The Morgan fingerprint density at radius 2 is 2.10 bits per heavy atom. The molecule has 2 aromatic rings. The molecule has 0 saturated heterocycles. The van der Waals surface area contributed by atoms with Gasteiger partial charge in [-0.2, -0.15) is 0 Å². The first-order valence-corrected chi connectivity index (χ1v) is 7.99. The molecule has 1 unspecified atom stereocenters. The van der Waals surface area contributed by atoms with Crippen molar-refractivity contribution in [2.45, 2.75) is 39.7 Å². The number of rotatable bonds is 1. The maximum Gasteiger partial charge on any atom is 0.137 e. The van der Waals surface area contributed by atoms with Gasteiger partial charge in [-0.25, -0.2) is 4.39 Å². The summed E-state index contributed by atoms with van der Waals surface area (Å²) >= 11 is 3.28. The molecule has 2 nitrogen and oxygen atoms in total. The summed E-state index contributed by atoms with van der Waals surface area (Å²) in [5.41, 5.74) is 10.9. The molecule has 2 N–H and O–H groups in total. The van der Waals surface area contributed by atoms with Gasteiger partial charge in [0.2, 0.25) is 0 Å². The van der Waals surface area contributed by atoms with E-state index in [4.69, 9.17) is 5.73 Å². The van der Waals surface area contributed by atoms with E-state index in [1.54, 1.807) is 6.07 Å². The van der Waals surface area contributed by atoms with Crippen molar-refractivity contribution in [3.05, 3.63) is 51.5 Å². The van der Waals surface area contributed by atoms with E-state index >= 15 is 0 Å². The van der Waals surface area contributed by atoms with Crippen molar-refractivity contribution in [3.63, 3.8) is 0 Å². The average Bonchev–Trinajstić information content (AvgIpc) is 2.76. The fourth-order valence-corrected chi connectivity index (χ4v) is 3.69. The van der Waals surface area contributed by atoms with E-state index in [1.165, 1.54) is 11.3 Å². The van der Waals surface area contributed by atoms with E-state index in [1.807, 2.05) is 13.0 Å². The van der Waals surface area contributed by atoms with Crippen molar-refractivity contribution in [1.82, 2.24) is 4.57 Å². The average molecular weight is 351 g/mol. The summed E-state index contributed by atoms with van der Waals surface area (Å²) in [5, 5.41) is 0. The monoisotopic (exact) mass is 350 g/mol. The van der Waals surface area contributed by atoms with Crippen LogP contribution in [0.25, 0.3) is 5.69 Å². The normalized spacial score (nSPS) is 20.4. The number of hydrogen-bond donors (Lipinski definition) is 1. The third kappa shape index (κ3) is 2.55. The van der Waals surface area contributed by atoms with Gasteiger partial charge in [0, 0.05) is 23.6 Å². The van der Waals surface area contributed by atoms with Crippen molar-refractivity contribution < 1.29 is 4.39 Å². The second kappa shape index (κ2) is 4.96. The smallest absolute Gasteiger partial charge is 0.137 e. The van der Waals surface area contributed by atoms with Gasteiger partial charge in [-0.05, 0) is 70.4 Å². The lowest BCUT2D eigenvalue weighted by Crippen LogP contribution is -2.30. The highest BCUT2D eigenvalue weighted by molar-refractivity contribution is 9.10. The van der Waals surface area contributed by atoms with Crippen molar-refractivity contribution >= 4 is 15.9 Å². The largest absolute Gasteiger partial charge is 0.324 e. The van der Waals surface area contributed by atoms with Crippen LogP contribution >= 0.6 is 15.9 Å². The number of fused-ring (bicyclic) bond motifs is 1. The highest BCUT2D eigenvalue weighted by Gasteiger charge is 2.32. The Hall–Kier alpha value is -1.13. The Morgan fingerprint density at radius 3 is 2.81 bits per heavy atom. The molecule has 0 aliphatic heterocycles. The van der Waals surface area contributed by atoms with Crippen LogP contribution < -0.4 is 5.73 Å².